The number of hydrogen-bond acceptors (Lipinski definition) is 6. The number of nitrogens with two attached hydrogens (primary N) is 1. The highest BCUT2D eigenvalue weighted by atomic mass is 19.4. The van der Waals surface area contributed by atoms with Crippen molar-refractivity contribution in [3.05, 3.63) is 47.9 Å². The van der Waals surface area contributed by atoms with Gasteiger partial charge < -0.3 is 20.1 Å². The van der Waals surface area contributed by atoms with E-state index in [2.05, 4.69) is 17.1 Å². The number of carbonyl (C=O) groups is 1. The number of likely N-dealkylation sites (tertiary alicyclic amines) is 2. The zero-order chi connectivity index (χ0) is 29.7. The summed E-state index contributed by atoms with van der Waals surface area (Å²) < 4.78 is 67.3. The normalized spacial score (nSPS) is 28.2. The number of nitrogens with zero attached hydrogens (tertiary/aromatic N) is 3. The van der Waals surface area contributed by atoms with Gasteiger partial charge in [-0.3, -0.25) is 9.69 Å². The molecule has 11 heteroatoms. The number of hydrogen-bond donors (Lipinski definition) is 1. The molecule has 1 aromatic heterocycles. The van der Waals surface area contributed by atoms with Crippen LogP contribution in [0.1, 0.15) is 63.5 Å². The Balaban J connectivity index is 0.994. The number of ether oxygens (including phenoxy) is 2. The Morgan fingerprint density at radius 1 is 1.17 bits per heavy atom. The quantitative estimate of drug-likeness (QED) is 0.326. The first-order chi connectivity index (χ1) is 20.0. The molecular formula is C31H36F4N4O3. The molecule has 3 unspecified atom stereocenters. The molecule has 2 N–H and O–H groups in total. The van der Waals surface area contributed by atoms with Gasteiger partial charge in [0.05, 0.1) is 23.1 Å². The van der Waals surface area contributed by atoms with Crippen LogP contribution < -0.4 is 10.5 Å². The third-order valence-electron chi connectivity index (χ3n) is 9.83. The minimum Gasteiger partial charge on any atom is -0.471 e. The van der Waals surface area contributed by atoms with Gasteiger partial charge in [0, 0.05) is 24.8 Å². The van der Waals surface area contributed by atoms with Crippen LogP contribution in [-0.4, -0.2) is 71.4 Å². The van der Waals surface area contributed by atoms with Crippen LogP contribution in [0.2, 0.25) is 0 Å². The lowest BCUT2D eigenvalue weighted by molar-refractivity contribution is -0.256. The van der Waals surface area contributed by atoms with Gasteiger partial charge in [0.2, 0.25) is 5.91 Å². The molecule has 42 heavy (non-hydrogen) atoms. The molecule has 0 spiro atoms. The number of carbonyl (C=O) groups excluding carboxylic acids is 1. The van der Waals surface area contributed by atoms with E-state index < -0.39 is 22.9 Å². The zero-order valence-electron chi connectivity index (χ0n) is 23.7. The molecule has 3 atom stereocenters. The molecule has 7 nitrogen and oxygen atoms in total. The molecule has 1 saturated carbocycles. The predicted molar refractivity (Wildman–Crippen MR) is 145 cm³/mol. The number of epoxide rings is 1. The lowest BCUT2D eigenvalue weighted by atomic mass is 9.67. The van der Waals surface area contributed by atoms with Crippen LogP contribution >= 0.6 is 0 Å². The Hall–Kier alpha value is -2.94. The predicted octanol–water partition coefficient (Wildman–Crippen LogP) is 5.05. The Bertz CT molecular complexity index is 1290. The fourth-order valence-electron chi connectivity index (χ4n) is 6.76. The number of benzene rings is 1. The third-order valence-corrected chi connectivity index (χ3v) is 9.83. The van der Waals surface area contributed by atoms with E-state index in [1.807, 2.05) is 16.7 Å². The van der Waals surface area contributed by atoms with Gasteiger partial charge in [-0.2, -0.15) is 13.2 Å². The van der Waals surface area contributed by atoms with Gasteiger partial charge in [-0.05, 0) is 82.2 Å². The van der Waals surface area contributed by atoms with E-state index in [1.165, 1.54) is 12.3 Å². The number of halogens is 4. The van der Waals surface area contributed by atoms with Crippen LogP contribution in [0.3, 0.4) is 0 Å². The monoisotopic (exact) mass is 588 g/mol. The van der Waals surface area contributed by atoms with Crippen molar-refractivity contribution < 1.29 is 31.8 Å². The zero-order valence-corrected chi connectivity index (χ0v) is 23.7. The number of piperidine rings is 1. The molecule has 226 valence electrons. The van der Waals surface area contributed by atoms with Crippen molar-refractivity contribution in [2.75, 3.05) is 32.8 Å². The summed E-state index contributed by atoms with van der Waals surface area (Å²) in [5, 5.41) is 0. The van der Waals surface area contributed by atoms with E-state index in [-0.39, 0.29) is 49.4 Å². The molecule has 1 amide bonds. The second kappa shape index (κ2) is 11.0. The number of primary amides is 1. The molecule has 4 aliphatic rings. The van der Waals surface area contributed by atoms with Crippen molar-refractivity contribution in [2.24, 2.45) is 17.1 Å². The average Bonchev–Trinajstić information content (AvgIpc) is 3.62. The number of rotatable bonds is 9. The van der Waals surface area contributed by atoms with Crippen LogP contribution in [0.15, 0.2) is 24.4 Å². The summed E-state index contributed by atoms with van der Waals surface area (Å²) in [6.07, 6.45) is 0.868. The maximum atomic E-state index is 15.1. The molecule has 4 fully saturated rings. The van der Waals surface area contributed by atoms with Crippen LogP contribution in [0.4, 0.5) is 17.6 Å². The van der Waals surface area contributed by atoms with Gasteiger partial charge in [0.15, 0.2) is 0 Å². The SMILES string of the molecule is CC1(C(N)=O)CCCN1C1OC1c1ccc(-c2c#cc(OCC3CCN(CC4(C(F)(F)F)CCC4)CC3)nc2)c(F)c1. The first-order valence-electron chi connectivity index (χ1n) is 14.7. The first-order valence-corrected chi connectivity index (χ1v) is 14.7. The minimum atomic E-state index is -4.14. The van der Waals surface area contributed by atoms with Gasteiger partial charge in [-0.25, -0.2) is 9.37 Å². The lowest BCUT2D eigenvalue weighted by Crippen LogP contribution is -2.53. The van der Waals surface area contributed by atoms with Crippen LogP contribution in [0, 0.1) is 29.3 Å². The smallest absolute Gasteiger partial charge is 0.395 e. The molecule has 2 aromatic rings. The fraction of sp³-hybridized carbons (Fsp3) is 0.613. The van der Waals surface area contributed by atoms with Crippen LogP contribution in [0.5, 0.6) is 5.88 Å². The maximum Gasteiger partial charge on any atom is 0.395 e. The molecule has 3 aliphatic heterocycles. The van der Waals surface area contributed by atoms with Gasteiger partial charge in [-0.1, -0.05) is 24.6 Å². The summed E-state index contributed by atoms with van der Waals surface area (Å²) >= 11 is 0. The highest BCUT2D eigenvalue weighted by Gasteiger charge is 2.58. The number of amides is 1. The van der Waals surface area contributed by atoms with Crippen molar-refractivity contribution in [3.8, 4) is 17.0 Å². The second-order valence-electron chi connectivity index (χ2n) is 12.5. The van der Waals surface area contributed by atoms with Gasteiger partial charge in [-0.15, -0.1) is 0 Å². The summed E-state index contributed by atoms with van der Waals surface area (Å²) in [5.74, 6) is -0.350. The standard InChI is InChI=1S/C31H36F4N4O3/c1-29(28(36)40)10-3-13-39(29)27-26(42-27)21-4-6-23(24(32)16-21)22-5-7-25(37-17-22)41-18-20-8-14-38(15-9-20)19-30(11-2-12-30)31(33,34)35/h4,6,16-17,20,26-27H,2-3,8-15,18-19H2,1H3,(H2,36,40). The molecule has 0 bridgehead atoms. The molecule has 1 aliphatic carbocycles. The van der Waals surface area contributed by atoms with Gasteiger partial charge in [0.1, 0.15) is 18.1 Å². The average molecular weight is 589 g/mol. The van der Waals surface area contributed by atoms with Crippen molar-refractivity contribution in [1.29, 1.82) is 0 Å². The summed E-state index contributed by atoms with van der Waals surface area (Å²) in [7, 11) is 0. The van der Waals surface area contributed by atoms with Gasteiger partial charge >= 0.3 is 6.18 Å². The van der Waals surface area contributed by atoms with Gasteiger partial charge in [0.25, 0.3) is 5.88 Å². The molecule has 1 aromatic carbocycles. The van der Waals surface area contributed by atoms with E-state index >= 15 is 4.39 Å². The highest BCUT2D eigenvalue weighted by Crippen LogP contribution is 2.53. The highest BCUT2D eigenvalue weighted by molar-refractivity contribution is 5.84. The summed E-state index contributed by atoms with van der Waals surface area (Å²) in [4.78, 5) is 20.2. The van der Waals surface area contributed by atoms with Crippen molar-refractivity contribution in [1.82, 2.24) is 14.8 Å². The third kappa shape index (κ3) is 5.45. The first kappa shape index (κ1) is 29.1. The number of alkyl halides is 3. The summed E-state index contributed by atoms with van der Waals surface area (Å²) in [5.41, 5.74) is 4.80. The maximum absolute atomic E-state index is 15.1. The molecule has 3 saturated heterocycles. The van der Waals surface area contributed by atoms with Crippen molar-refractivity contribution >= 4 is 5.91 Å². The van der Waals surface area contributed by atoms with E-state index in [9.17, 15) is 18.0 Å². The molecular weight excluding hydrogens is 552 g/mol. The van der Waals surface area contributed by atoms with Crippen LogP contribution in [-0.2, 0) is 9.53 Å². The Morgan fingerprint density at radius 2 is 1.93 bits per heavy atom. The largest absolute Gasteiger partial charge is 0.471 e. The van der Waals surface area contributed by atoms with Crippen molar-refractivity contribution in [2.45, 2.75) is 75.9 Å². The Morgan fingerprint density at radius 3 is 2.52 bits per heavy atom. The fourth-order valence-corrected chi connectivity index (χ4v) is 6.76. The Labute approximate surface area is 243 Å². The topological polar surface area (TPSA) is 84.2 Å². The van der Waals surface area contributed by atoms with E-state index in [0.717, 1.165) is 19.3 Å². The second-order valence-corrected chi connectivity index (χ2v) is 12.5. The number of aromatic nitrogens is 1. The minimum absolute atomic E-state index is 0.0921. The van der Waals surface area contributed by atoms with E-state index in [4.69, 9.17) is 15.2 Å². The van der Waals surface area contributed by atoms with E-state index in [0.29, 0.717) is 55.8 Å². The lowest BCUT2D eigenvalue weighted by Gasteiger charge is -2.47. The molecule has 0 radical (unpaired) electrons. The summed E-state index contributed by atoms with van der Waals surface area (Å²) in [6.45, 7) is 4.26. The summed E-state index contributed by atoms with van der Waals surface area (Å²) in [6, 6.07) is 10.7. The molecule has 4 heterocycles. The van der Waals surface area contributed by atoms with E-state index in [1.54, 1.807) is 12.1 Å². The van der Waals surface area contributed by atoms with Crippen LogP contribution in [0.25, 0.3) is 11.1 Å². The molecule has 6 rings (SSSR count). The van der Waals surface area contributed by atoms with Crippen molar-refractivity contribution in [3.63, 3.8) is 0 Å². The Kier molecular flexibility index (Phi) is 7.61.